The van der Waals surface area contributed by atoms with Crippen LogP contribution >= 0.6 is 0 Å². The predicted octanol–water partition coefficient (Wildman–Crippen LogP) is 2.27. The van der Waals surface area contributed by atoms with Crippen LogP contribution in [0.2, 0.25) is 0 Å². The summed E-state index contributed by atoms with van der Waals surface area (Å²) in [6, 6.07) is 0.446. The van der Waals surface area contributed by atoms with Gasteiger partial charge in [0, 0.05) is 6.04 Å². The number of aliphatic hydroxyl groups is 1. The van der Waals surface area contributed by atoms with Crippen LogP contribution in [0.25, 0.3) is 0 Å². The van der Waals surface area contributed by atoms with E-state index in [-0.39, 0.29) is 6.10 Å². The average Bonchev–Trinajstić information content (AvgIpc) is 2.17. The smallest absolute Gasteiger partial charge is 0.0700 e. The number of piperidine rings is 1. The van der Waals surface area contributed by atoms with Crippen LogP contribution in [0.15, 0.2) is 0 Å². The number of hydrogen-bond donors (Lipinski definition) is 1. The molecule has 2 nitrogen and oxygen atoms in total. The third kappa shape index (κ3) is 2.54. The molecule has 2 fully saturated rings. The van der Waals surface area contributed by atoms with Crippen molar-refractivity contribution in [2.45, 2.75) is 58.1 Å². The van der Waals surface area contributed by atoms with Crippen LogP contribution in [0.1, 0.15) is 46.0 Å². The summed E-state index contributed by atoms with van der Waals surface area (Å²) < 4.78 is 0. The third-order valence-corrected chi connectivity index (χ3v) is 4.21. The highest BCUT2D eigenvalue weighted by atomic mass is 16.3. The summed E-state index contributed by atoms with van der Waals surface area (Å²) in [5, 5.41) is 10.2. The lowest BCUT2D eigenvalue weighted by Gasteiger charge is -2.45. The SMILES string of the molecule is CC1CC(C)C(N2CCCCC2)C(O)C1. The molecule has 0 aromatic rings. The highest BCUT2D eigenvalue weighted by Gasteiger charge is 2.36. The number of hydrogen-bond acceptors (Lipinski definition) is 2. The predicted molar refractivity (Wildman–Crippen MR) is 62.8 cm³/mol. The molecule has 4 atom stereocenters. The first kappa shape index (κ1) is 11.4. The van der Waals surface area contributed by atoms with Crippen molar-refractivity contribution in [2.75, 3.05) is 13.1 Å². The molecule has 2 aliphatic rings. The molecule has 2 heteroatoms. The molecule has 1 N–H and O–H groups in total. The molecule has 15 heavy (non-hydrogen) atoms. The highest BCUT2D eigenvalue weighted by Crippen LogP contribution is 2.33. The lowest BCUT2D eigenvalue weighted by atomic mass is 9.77. The van der Waals surface area contributed by atoms with Gasteiger partial charge in [-0.1, -0.05) is 20.3 Å². The van der Waals surface area contributed by atoms with Gasteiger partial charge in [0.1, 0.15) is 0 Å². The molecular formula is C13H25NO. The molecule has 1 heterocycles. The second-order valence-electron chi connectivity index (χ2n) is 5.71. The van der Waals surface area contributed by atoms with Gasteiger partial charge in [0.15, 0.2) is 0 Å². The van der Waals surface area contributed by atoms with E-state index in [9.17, 15) is 5.11 Å². The van der Waals surface area contributed by atoms with Crippen LogP contribution in [-0.2, 0) is 0 Å². The van der Waals surface area contributed by atoms with Crippen LogP contribution in [0, 0.1) is 11.8 Å². The van der Waals surface area contributed by atoms with E-state index >= 15 is 0 Å². The molecule has 0 spiro atoms. The summed E-state index contributed by atoms with van der Waals surface area (Å²) in [5.74, 6) is 1.37. The van der Waals surface area contributed by atoms with E-state index in [1.54, 1.807) is 0 Å². The Kier molecular flexibility index (Phi) is 3.68. The van der Waals surface area contributed by atoms with Crippen LogP contribution < -0.4 is 0 Å². The van der Waals surface area contributed by atoms with Crippen LogP contribution in [0.4, 0.5) is 0 Å². The average molecular weight is 211 g/mol. The summed E-state index contributed by atoms with van der Waals surface area (Å²) in [7, 11) is 0. The number of rotatable bonds is 1. The maximum atomic E-state index is 10.2. The fraction of sp³-hybridized carbons (Fsp3) is 1.00. The molecule has 0 radical (unpaired) electrons. The molecule has 0 aromatic carbocycles. The second-order valence-corrected chi connectivity index (χ2v) is 5.71. The topological polar surface area (TPSA) is 23.5 Å². The first-order chi connectivity index (χ1) is 7.18. The van der Waals surface area contributed by atoms with E-state index in [2.05, 4.69) is 18.7 Å². The molecule has 2 rings (SSSR count). The number of aliphatic hydroxyl groups excluding tert-OH is 1. The minimum absolute atomic E-state index is 0.0816. The fourth-order valence-corrected chi connectivity index (χ4v) is 3.62. The molecule has 0 aromatic heterocycles. The van der Waals surface area contributed by atoms with Gasteiger partial charge in [0.25, 0.3) is 0 Å². The molecular weight excluding hydrogens is 186 g/mol. The monoisotopic (exact) mass is 211 g/mol. The van der Waals surface area contributed by atoms with Gasteiger partial charge in [-0.25, -0.2) is 0 Å². The van der Waals surface area contributed by atoms with Gasteiger partial charge in [-0.05, 0) is 50.6 Å². The summed E-state index contributed by atoms with van der Waals surface area (Å²) in [6.45, 7) is 7.01. The molecule has 0 amide bonds. The number of nitrogens with zero attached hydrogens (tertiary/aromatic N) is 1. The van der Waals surface area contributed by atoms with Crippen molar-refractivity contribution < 1.29 is 5.11 Å². The van der Waals surface area contributed by atoms with Gasteiger partial charge in [-0.2, -0.15) is 0 Å². The maximum Gasteiger partial charge on any atom is 0.0700 e. The quantitative estimate of drug-likeness (QED) is 0.719. The van der Waals surface area contributed by atoms with Crippen LogP contribution in [0.5, 0.6) is 0 Å². The second kappa shape index (κ2) is 4.84. The van der Waals surface area contributed by atoms with Crippen molar-refractivity contribution in [1.82, 2.24) is 4.90 Å². The van der Waals surface area contributed by atoms with Crippen molar-refractivity contribution in [1.29, 1.82) is 0 Å². The zero-order chi connectivity index (χ0) is 10.8. The molecule has 0 bridgehead atoms. The van der Waals surface area contributed by atoms with Crippen molar-refractivity contribution in [2.24, 2.45) is 11.8 Å². The summed E-state index contributed by atoms with van der Waals surface area (Å²) in [6.07, 6.45) is 6.24. The van der Waals surface area contributed by atoms with Gasteiger partial charge >= 0.3 is 0 Å². The molecule has 1 aliphatic carbocycles. The Morgan fingerprint density at radius 2 is 1.67 bits per heavy atom. The van der Waals surface area contributed by atoms with Gasteiger partial charge in [0.05, 0.1) is 6.10 Å². The summed E-state index contributed by atoms with van der Waals surface area (Å²) in [5.41, 5.74) is 0. The van der Waals surface area contributed by atoms with Gasteiger partial charge in [-0.15, -0.1) is 0 Å². The fourth-order valence-electron chi connectivity index (χ4n) is 3.62. The van der Waals surface area contributed by atoms with Crippen molar-refractivity contribution in [3.63, 3.8) is 0 Å². The molecule has 1 saturated carbocycles. The van der Waals surface area contributed by atoms with Gasteiger partial charge < -0.3 is 5.11 Å². The Balaban J connectivity index is 1.99. The minimum atomic E-state index is -0.0816. The highest BCUT2D eigenvalue weighted by molar-refractivity contribution is 4.90. The van der Waals surface area contributed by atoms with Gasteiger partial charge in [-0.3, -0.25) is 4.90 Å². The maximum absolute atomic E-state index is 10.2. The Morgan fingerprint density at radius 3 is 2.27 bits per heavy atom. The normalized spacial score (nSPS) is 44.2. The standard InChI is InChI=1S/C13H25NO/c1-10-8-11(2)13(12(15)9-10)14-6-4-3-5-7-14/h10-13,15H,3-9H2,1-2H3. The number of likely N-dealkylation sites (tertiary alicyclic amines) is 1. The Hall–Kier alpha value is -0.0800. The van der Waals surface area contributed by atoms with Crippen molar-refractivity contribution in [3.8, 4) is 0 Å². The van der Waals surface area contributed by atoms with E-state index in [4.69, 9.17) is 0 Å². The Bertz CT molecular complexity index is 189. The zero-order valence-corrected chi connectivity index (χ0v) is 10.2. The molecule has 1 saturated heterocycles. The first-order valence-corrected chi connectivity index (χ1v) is 6.60. The molecule has 4 unspecified atom stereocenters. The Labute approximate surface area is 93.7 Å². The van der Waals surface area contributed by atoms with Crippen molar-refractivity contribution in [3.05, 3.63) is 0 Å². The molecule has 88 valence electrons. The van der Waals surface area contributed by atoms with E-state index in [0.29, 0.717) is 17.9 Å². The van der Waals surface area contributed by atoms with E-state index in [0.717, 1.165) is 6.42 Å². The lowest BCUT2D eigenvalue weighted by Crippen LogP contribution is -2.52. The van der Waals surface area contributed by atoms with Crippen LogP contribution in [-0.4, -0.2) is 35.2 Å². The minimum Gasteiger partial charge on any atom is -0.391 e. The molecule has 1 aliphatic heterocycles. The van der Waals surface area contributed by atoms with Gasteiger partial charge in [0.2, 0.25) is 0 Å². The van der Waals surface area contributed by atoms with E-state index in [1.807, 2.05) is 0 Å². The van der Waals surface area contributed by atoms with E-state index in [1.165, 1.54) is 38.8 Å². The van der Waals surface area contributed by atoms with Crippen molar-refractivity contribution >= 4 is 0 Å². The third-order valence-electron chi connectivity index (χ3n) is 4.21. The summed E-state index contributed by atoms with van der Waals surface area (Å²) in [4.78, 5) is 2.55. The first-order valence-electron chi connectivity index (χ1n) is 6.60. The Morgan fingerprint density at radius 1 is 1.00 bits per heavy atom. The zero-order valence-electron chi connectivity index (χ0n) is 10.2. The van der Waals surface area contributed by atoms with Crippen LogP contribution in [0.3, 0.4) is 0 Å². The largest absolute Gasteiger partial charge is 0.391 e. The summed E-state index contributed by atoms with van der Waals surface area (Å²) >= 11 is 0. The van der Waals surface area contributed by atoms with E-state index < -0.39 is 0 Å². The lowest BCUT2D eigenvalue weighted by molar-refractivity contribution is -0.0309.